The zero-order valence-electron chi connectivity index (χ0n) is 9.74. The summed E-state index contributed by atoms with van der Waals surface area (Å²) in [7, 11) is 0. The summed E-state index contributed by atoms with van der Waals surface area (Å²) >= 11 is 0. The molecule has 2 heterocycles. The number of hydrogen-bond acceptors (Lipinski definition) is 3. The van der Waals surface area contributed by atoms with Gasteiger partial charge in [0, 0.05) is 0 Å². The van der Waals surface area contributed by atoms with Gasteiger partial charge in [-0.25, -0.2) is 0 Å². The Balaban J connectivity index is 2.27. The van der Waals surface area contributed by atoms with Crippen LogP contribution in [0.2, 0.25) is 0 Å². The fourth-order valence-corrected chi connectivity index (χ4v) is 2.42. The second kappa shape index (κ2) is 3.21. The van der Waals surface area contributed by atoms with Crippen molar-refractivity contribution in [2.75, 3.05) is 0 Å². The number of fused-ring (bicyclic) bond motifs is 1. The first kappa shape index (κ1) is 10.9. The van der Waals surface area contributed by atoms with E-state index in [0.29, 0.717) is 0 Å². The van der Waals surface area contributed by atoms with Gasteiger partial charge in [-0.1, -0.05) is 12.8 Å². The van der Waals surface area contributed by atoms with Gasteiger partial charge in [0.1, 0.15) is 6.10 Å². The van der Waals surface area contributed by atoms with Crippen LogP contribution in [0.4, 0.5) is 0 Å². The van der Waals surface area contributed by atoms with E-state index in [4.69, 9.17) is 20.6 Å². The van der Waals surface area contributed by atoms with E-state index in [1.807, 2.05) is 20.8 Å². The summed E-state index contributed by atoms with van der Waals surface area (Å²) in [5.74, 6) is 2.23. The van der Waals surface area contributed by atoms with E-state index in [1.165, 1.54) is 0 Å². The minimum absolute atomic E-state index is 0.0219. The zero-order chi connectivity index (χ0) is 11.3. The molecule has 2 fully saturated rings. The lowest BCUT2D eigenvalue weighted by atomic mass is 9.80. The molecule has 0 aromatic heterocycles. The molecule has 3 nitrogen and oxygen atoms in total. The first-order valence-electron chi connectivity index (χ1n) is 5.42. The van der Waals surface area contributed by atoms with Gasteiger partial charge in [-0.05, 0) is 27.2 Å². The molecule has 0 aromatic carbocycles. The quantitative estimate of drug-likeness (QED) is 0.619. The van der Waals surface area contributed by atoms with Crippen LogP contribution in [0.25, 0.3) is 0 Å². The minimum atomic E-state index is -0.591. The highest BCUT2D eigenvalue weighted by Gasteiger charge is 2.60. The molecular weight excluding hydrogens is 192 g/mol. The Bertz CT molecular complexity index is 304. The summed E-state index contributed by atoms with van der Waals surface area (Å²) in [5, 5.41) is 0. The monoisotopic (exact) mass is 210 g/mol. The normalized spacial score (nSPS) is 47.5. The van der Waals surface area contributed by atoms with Crippen LogP contribution in [-0.4, -0.2) is 24.3 Å². The van der Waals surface area contributed by atoms with Gasteiger partial charge in [0.2, 0.25) is 0 Å². The molecule has 0 amide bonds. The summed E-state index contributed by atoms with van der Waals surface area (Å²) in [6.07, 6.45) is 6.05. The van der Waals surface area contributed by atoms with Gasteiger partial charge in [-0.3, -0.25) is 0 Å². The van der Waals surface area contributed by atoms with Crippen LogP contribution in [0.1, 0.15) is 34.1 Å². The Morgan fingerprint density at radius 1 is 1.27 bits per heavy atom. The van der Waals surface area contributed by atoms with Crippen LogP contribution in [-0.2, 0) is 14.2 Å². The molecule has 0 radical (unpaired) electrons. The predicted molar refractivity (Wildman–Crippen MR) is 55.9 cm³/mol. The lowest BCUT2D eigenvalue weighted by Gasteiger charge is -2.29. The topological polar surface area (TPSA) is 27.7 Å². The van der Waals surface area contributed by atoms with Crippen molar-refractivity contribution in [1.29, 1.82) is 0 Å². The van der Waals surface area contributed by atoms with Crippen LogP contribution in [0, 0.1) is 17.8 Å². The van der Waals surface area contributed by atoms with E-state index in [2.05, 4.69) is 12.8 Å². The molecule has 2 aliphatic rings. The summed E-state index contributed by atoms with van der Waals surface area (Å²) < 4.78 is 17.3. The Morgan fingerprint density at radius 3 is 2.47 bits per heavy atom. The molecule has 2 saturated heterocycles. The molecule has 0 aliphatic carbocycles. The lowest BCUT2D eigenvalue weighted by Crippen LogP contribution is -2.38. The molecule has 2 rings (SSSR count). The maximum absolute atomic E-state index is 5.82. The van der Waals surface area contributed by atoms with Crippen molar-refractivity contribution in [2.45, 2.75) is 58.4 Å². The maximum atomic E-state index is 5.82. The number of ether oxygens (including phenoxy) is 3. The van der Waals surface area contributed by atoms with Crippen molar-refractivity contribution < 1.29 is 14.2 Å². The van der Waals surface area contributed by atoms with E-state index in [1.54, 1.807) is 0 Å². The van der Waals surface area contributed by atoms with E-state index in [0.717, 1.165) is 6.42 Å². The molecule has 0 bridgehead atoms. The highest BCUT2D eigenvalue weighted by Crippen LogP contribution is 2.48. The Hall–Kier alpha value is -0.560. The second-order valence-corrected chi connectivity index (χ2v) is 4.88. The van der Waals surface area contributed by atoms with E-state index >= 15 is 0 Å². The van der Waals surface area contributed by atoms with E-state index in [9.17, 15) is 0 Å². The molecule has 0 N–H and O–H groups in total. The SMILES string of the molecule is C#C[C@@]1(C)[C@@H](CC)O[C@@H]2OC(C)(C)O[C@@H]21. The van der Waals surface area contributed by atoms with Gasteiger partial charge >= 0.3 is 0 Å². The van der Waals surface area contributed by atoms with Crippen molar-refractivity contribution in [3.05, 3.63) is 0 Å². The van der Waals surface area contributed by atoms with Gasteiger partial charge in [0.25, 0.3) is 0 Å². The van der Waals surface area contributed by atoms with Crippen LogP contribution < -0.4 is 0 Å². The van der Waals surface area contributed by atoms with E-state index in [-0.39, 0.29) is 23.9 Å². The van der Waals surface area contributed by atoms with Crippen molar-refractivity contribution in [1.82, 2.24) is 0 Å². The number of terminal acetylenes is 1. The van der Waals surface area contributed by atoms with Gasteiger partial charge in [0.15, 0.2) is 12.1 Å². The van der Waals surface area contributed by atoms with Crippen molar-refractivity contribution in [3.8, 4) is 12.3 Å². The average molecular weight is 210 g/mol. The molecule has 0 saturated carbocycles. The van der Waals surface area contributed by atoms with Gasteiger partial charge < -0.3 is 14.2 Å². The van der Waals surface area contributed by atoms with Crippen LogP contribution >= 0.6 is 0 Å². The van der Waals surface area contributed by atoms with Crippen molar-refractivity contribution >= 4 is 0 Å². The average Bonchev–Trinajstić information content (AvgIpc) is 2.60. The molecule has 15 heavy (non-hydrogen) atoms. The summed E-state index contributed by atoms with van der Waals surface area (Å²) in [5.41, 5.74) is -0.382. The first-order chi connectivity index (χ1) is 6.93. The largest absolute Gasteiger partial charge is 0.345 e. The molecule has 4 atom stereocenters. The zero-order valence-corrected chi connectivity index (χ0v) is 9.74. The van der Waals surface area contributed by atoms with Crippen molar-refractivity contribution in [3.63, 3.8) is 0 Å². The summed E-state index contributed by atoms with van der Waals surface area (Å²) in [4.78, 5) is 0. The third kappa shape index (κ3) is 1.48. The molecule has 2 aliphatic heterocycles. The fourth-order valence-electron chi connectivity index (χ4n) is 2.42. The summed E-state index contributed by atoms with van der Waals surface area (Å²) in [6, 6.07) is 0. The number of hydrogen-bond donors (Lipinski definition) is 0. The highest BCUT2D eigenvalue weighted by atomic mass is 16.8. The standard InChI is InChI=1S/C12H18O3/c1-6-8-12(5,7-2)9-10(13-8)15-11(3,4)14-9/h2,8-10H,6H2,1,3-5H3/t8-,9+,10-,12+/m1/s1. The lowest BCUT2D eigenvalue weighted by molar-refractivity contribution is -0.213. The third-order valence-electron chi connectivity index (χ3n) is 3.30. The highest BCUT2D eigenvalue weighted by molar-refractivity contribution is 5.16. The van der Waals surface area contributed by atoms with Crippen LogP contribution in [0.5, 0.6) is 0 Å². The fraction of sp³-hybridized carbons (Fsp3) is 0.833. The Labute approximate surface area is 91.1 Å². The first-order valence-corrected chi connectivity index (χ1v) is 5.42. The molecule has 0 aromatic rings. The van der Waals surface area contributed by atoms with Gasteiger partial charge in [-0.2, -0.15) is 0 Å². The van der Waals surface area contributed by atoms with E-state index < -0.39 is 5.79 Å². The summed E-state index contributed by atoms with van der Waals surface area (Å²) in [6.45, 7) is 7.84. The molecule has 0 unspecified atom stereocenters. The third-order valence-corrected chi connectivity index (χ3v) is 3.30. The maximum Gasteiger partial charge on any atom is 0.189 e. The smallest absolute Gasteiger partial charge is 0.189 e. The Morgan fingerprint density at radius 2 is 1.93 bits per heavy atom. The predicted octanol–water partition coefficient (Wildman–Crippen LogP) is 1.91. The molecular formula is C12H18O3. The number of rotatable bonds is 1. The van der Waals surface area contributed by atoms with Gasteiger partial charge in [-0.15, -0.1) is 6.42 Å². The van der Waals surface area contributed by atoms with Crippen LogP contribution in [0.3, 0.4) is 0 Å². The van der Waals surface area contributed by atoms with Gasteiger partial charge in [0.05, 0.1) is 11.5 Å². The molecule has 84 valence electrons. The molecule has 0 spiro atoms. The molecule has 3 heteroatoms. The Kier molecular flexibility index (Phi) is 2.34. The van der Waals surface area contributed by atoms with Crippen molar-refractivity contribution in [2.24, 2.45) is 5.41 Å². The second-order valence-electron chi connectivity index (χ2n) is 4.88. The minimum Gasteiger partial charge on any atom is -0.345 e. The van der Waals surface area contributed by atoms with Crippen LogP contribution in [0.15, 0.2) is 0 Å².